The SMILES string of the molecule is Cl.Clc1cc(Cl)ncn1.Clc1cc(Nc2ccc(Cc3ccccc3)cc2)ncn1.Nc1ccc(Cc2ccccc2)cc1. The number of hydrogen-bond donors (Lipinski definition) is 2. The lowest BCUT2D eigenvalue weighted by atomic mass is 10.0. The second-order valence-corrected chi connectivity index (χ2v) is 10.4. The Bertz CT molecular complexity index is 1650. The first-order valence-electron chi connectivity index (χ1n) is 13.3. The predicted molar refractivity (Wildman–Crippen MR) is 185 cm³/mol. The highest BCUT2D eigenvalue weighted by Gasteiger charge is 2.00. The standard InChI is InChI=1S/C17H14ClN3.C13H13N.C4H2Cl2N2.ClH/c18-16-11-17(20-12-19-16)21-15-8-6-14(7-9-15)10-13-4-2-1-3-5-13;14-13-8-6-12(7-9-13)10-11-4-2-1-3-5-11;5-3-1-4(6)8-2-7-3;/h1-9,11-12H,10H2,(H,19,20,21);1-9H,10,14H2;1-2H;1H. The molecule has 10 heteroatoms. The summed E-state index contributed by atoms with van der Waals surface area (Å²) < 4.78 is 0. The first kappa shape index (κ1) is 34.3. The van der Waals surface area contributed by atoms with Gasteiger partial charge in [0.1, 0.15) is 33.9 Å². The van der Waals surface area contributed by atoms with Crippen LogP contribution in [0.4, 0.5) is 17.2 Å². The van der Waals surface area contributed by atoms with E-state index in [0.29, 0.717) is 21.3 Å². The van der Waals surface area contributed by atoms with E-state index in [1.807, 2.05) is 36.4 Å². The maximum atomic E-state index is 5.84. The number of nitrogens with two attached hydrogens (primary N) is 1. The number of nitrogens with one attached hydrogen (secondary N) is 1. The molecular weight excluding hydrogens is 634 g/mol. The van der Waals surface area contributed by atoms with Gasteiger partial charge < -0.3 is 11.1 Å². The van der Waals surface area contributed by atoms with Gasteiger partial charge in [0.05, 0.1) is 0 Å². The second kappa shape index (κ2) is 18.5. The average molecular weight is 664 g/mol. The third-order valence-electron chi connectivity index (χ3n) is 5.94. The molecule has 6 rings (SSSR count). The lowest BCUT2D eigenvalue weighted by Gasteiger charge is -2.07. The number of nitrogens with zero attached hydrogens (tertiary/aromatic N) is 4. The van der Waals surface area contributed by atoms with Crippen LogP contribution < -0.4 is 11.1 Å². The highest BCUT2D eigenvalue weighted by Crippen LogP contribution is 2.18. The van der Waals surface area contributed by atoms with E-state index in [2.05, 4.69) is 98.0 Å². The Morgan fingerprint density at radius 3 is 1.34 bits per heavy atom. The zero-order valence-electron chi connectivity index (χ0n) is 23.5. The van der Waals surface area contributed by atoms with E-state index in [-0.39, 0.29) is 12.4 Å². The molecule has 0 radical (unpaired) electrons. The van der Waals surface area contributed by atoms with Crippen molar-refractivity contribution in [1.29, 1.82) is 0 Å². The van der Waals surface area contributed by atoms with Crippen LogP contribution in [0.3, 0.4) is 0 Å². The molecule has 3 N–H and O–H groups in total. The number of hydrogen-bond acceptors (Lipinski definition) is 6. The van der Waals surface area contributed by atoms with Crippen LogP contribution in [-0.4, -0.2) is 19.9 Å². The maximum Gasteiger partial charge on any atom is 0.135 e. The van der Waals surface area contributed by atoms with E-state index in [9.17, 15) is 0 Å². The smallest absolute Gasteiger partial charge is 0.135 e. The Hall–Kier alpha value is -4.20. The van der Waals surface area contributed by atoms with Gasteiger partial charge in [0.2, 0.25) is 0 Å². The fourth-order valence-corrected chi connectivity index (χ4v) is 4.36. The Labute approximate surface area is 278 Å². The molecule has 0 unspecified atom stereocenters. The highest BCUT2D eigenvalue weighted by molar-refractivity contribution is 6.33. The van der Waals surface area contributed by atoms with Gasteiger partial charge in [-0.1, -0.05) is 120 Å². The first-order chi connectivity index (χ1) is 20.9. The summed E-state index contributed by atoms with van der Waals surface area (Å²) in [4.78, 5) is 15.2. The van der Waals surface area contributed by atoms with Gasteiger partial charge in [-0.25, -0.2) is 19.9 Å². The normalized spacial score (nSPS) is 9.80. The topological polar surface area (TPSA) is 89.6 Å². The van der Waals surface area contributed by atoms with Gasteiger partial charge in [0.25, 0.3) is 0 Å². The number of nitrogen functional groups attached to an aromatic ring is 1. The molecule has 0 spiro atoms. The summed E-state index contributed by atoms with van der Waals surface area (Å²) in [7, 11) is 0. The highest BCUT2D eigenvalue weighted by atomic mass is 35.5. The summed E-state index contributed by atoms with van der Waals surface area (Å²) in [6, 6.07) is 40.3. The lowest BCUT2D eigenvalue weighted by Crippen LogP contribution is -1.95. The Balaban J connectivity index is 0.000000198. The summed E-state index contributed by atoms with van der Waals surface area (Å²) in [6.45, 7) is 0. The minimum absolute atomic E-state index is 0. The molecular formula is C34H30Cl4N6. The first-order valence-corrected chi connectivity index (χ1v) is 14.4. The van der Waals surface area contributed by atoms with Gasteiger partial charge in [-0.15, -0.1) is 12.4 Å². The summed E-state index contributed by atoms with van der Waals surface area (Å²) in [5.74, 6) is 0.686. The van der Waals surface area contributed by atoms with Crippen molar-refractivity contribution in [3.8, 4) is 0 Å². The van der Waals surface area contributed by atoms with Crippen LogP contribution in [0, 0.1) is 0 Å². The molecule has 2 heterocycles. The molecule has 0 bridgehead atoms. The molecule has 0 amide bonds. The van der Waals surface area contributed by atoms with Crippen LogP contribution in [0.1, 0.15) is 22.3 Å². The van der Waals surface area contributed by atoms with Crippen molar-refractivity contribution in [2.24, 2.45) is 0 Å². The molecule has 4 aromatic carbocycles. The summed E-state index contributed by atoms with van der Waals surface area (Å²) in [5.41, 5.74) is 12.6. The summed E-state index contributed by atoms with van der Waals surface area (Å²) in [6.07, 6.45) is 4.65. The predicted octanol–water partition coefficient (Wildman–Crippen LogP) is 9.53. The van der Waals surface area contributed by atoms with Crippen LogP contribution in [-0.2, 0) is 12.8 Å². The fraction of sp³-hybridized carbons (Fsp3) is 0.0588. The summed E-state index contributed by atoms with van der Waals surface area (Å²) >= 11 is 16.7. The van der Waals surface area contributed by atoms with E-state index >= 15 is 0 Å². The van der Waals surface area contributed by atoms with Gasteiger partial charge in [-0.2, -0.15) is 0 Å². The second-order valence-electron chi connectivity index (χ2n) is 9.28. The van der Waals surface area contributed by atoms with Gasteiger partial charge in [0.15, 0.2) is 0 Å². The maximum absolute atomic E-state index is 5.84. The molecule has 0 aliphatic heterocycles. The molecule has 0 saturated heterocycles. The molecule has 0 atom stereocenters. The number of anilines is 3. The molecule has 6 nitrogen and oxygen atoms in total. The van der Waals surface area contributed by atoms with E-state index in [0.717, 1.165) is 24.2 Å². The third-order valence-corrected chi connectivity index (χ3v) is 6.56. The third kappa shape index (κ3) is 12.6. The Kier molecular flexibility index (Phi) is 14.4. The Morgan fingerprint density at radius 2 is 0.909 bits per heavy atom. The van der Waals surface area contributed by atoms with Crippen LogP contribution in [0.5, 0.6) is 0 Å². The minimum atomic E-state index is 0. The summed E-state index contributed by atoms with van der Waals surface area (Å²) in [5, 5.41) is 4.36. The van der Waals surface area contributed by atoms with E-state index in [1.54, 1.807) is 6.07 Å². The van der Waals surface area contributed by atoms with Gasteiger partial charge >= 0.3 is 0 Å². The molecule has 0 aliphatic carbocycles. The fourth-order valence-electron chi connectivity index (χ4n) is 3.87. The van der Waals surface area contributed by atoms with Crippen molar-refractivity contribution in [3.05, 3.63) is 172 Å². The van der Waals surface area contributed by atoms with Crippen molar-refractivity contribution < 1.29 is 0 Å². The zero-order chi connectivity index (χ0) is 30.3. The molecule has 2 aromatic heterocycles. The van der Waals surface area contributed by atoms with Crippen LogP contribution in [0.2, 0.25) is 15.5 Å². The zero-order valence-corrected chi connectivity index (χ0v) is 26.6. The number of benzene rings is 4. The molecule has 0 saturated carbocycles. The lowest BCUT2D eigenvalue weighted by molar-refractivity contribution is 1.16. The van der Waals surface area contributed by atoms with E-state index in [4.69, 9.17) is 40.5 Å². The molecule has 6 aromatic rings. The largest absolute Gasteiger partial charge is 0.399 e. The van der Waals surface area contributed by atoms with Gasteiger partial charge in [-0.05, 0) is 59.4 Å². The monoisotopic (exact) mass is 662 g/mol. The van der Waals surface area contributed by atoms with Crippen molar-refractivity contribution >= 4 is 64.4 Å². The Morgan fingerprint density at radius 1 is 0.500 bits per heavy atom. The van der Waals surface area contributed by atoms with Crippen LogP contribution >= 0.6 is 47.2 Å². The van der Waals surface area contributed by atoms with Crippen LogP contribution in [0.25, 0.3) is 0 Å². The molecule has 224 valence electrons. The van der Waals surface area contributed by atoms with E-state index < -0.39 is 0 Å². The van der Waals surface area contributed by atoms with Gasteiger partial charge in [0, 0.05) is 23.5 Å². The van der Waals surface area contributed by atoms with Crippen molar-refractivity contribution in [3.63, 3.8) is 0 Å². The van der Waals surface area contributed by atoms with E-state index in [1.165, 1.54) is 41.0 Å². The number of halogens is 4. The quantitative estimate of drug-likeness (QED) is 0.136. The van der Waals surface area contributed by atoms with Crippen molar-refractivity contribution in [1.82, 2.24) is 19.9 Å². The van der Waals surface area contributed by atoms with Crippen LogP contribution in [0.15, 0.2) is 134 Å². The van der Waals surface area contributed by atoms with Gasteiger partial charge in [-0.3, -0.25) is 0 Å². The van der Waals surface area contributed by atoms with Crippen molar-refractivity contribution in [2.75, 3.05) is 11.1 Å². The molecule has 0 fully saturated rings. The minimum Gasteiger partial charge on any atom is -0.399 e. The van der Waals surface area contributed by atoms with Crippen molar-refractivity contribution in [2.45, 2.75) is 12.8 Å². The number of rotatable bonds is 6. The average Bonchev–Trinajstić information content (AvgIpc) is 3.01. The molecule has 44 heavy (non-hydrogen) atoms. The number of aromatic nitrogens is 4. The molecule has 0 aliphatic rings.